The number of hydrogen-bond donors (Lipinski definition) is 4. The summed E-state index contributed by atoms with van der Waals surface area (Å²) < 4.78 is 128. The normalized spacial score (nSPS) is 18.7. The van der Waals surface area contributed by atoms with Gasteiger partial charge in [-0.05, 0) is 58.1 Å². The first-order valence-corrected chi connectivity index (χ1v) is 27.3. The van der Waals surface area contributed by atoms with Crippen molar-refractivity contribution in [1.29, 1.82) is 0 Å². The third kappa shape index (κ3) is 8.67. The first kappa shape index (κ1) is 49.7. The number of carbonyl (C=O) groups excluding carboxylic acids is 1. The van der Waals surface area contributed by atoms with Crippen LogP contribution < -0.4 is 25.8 Å². The van der Waals surface area contributed by atoms with Gasteiger partial charge in [-0.3, -0.25) is 18.5 Å². The molecule has 23 heteroatoms. The number of nitrogens with one attached hydrogen (secondary N) is 1. The molecule has 7 rings (SSSR count). The summed E-state index contributed by atoms with van der Waals surface area (Å²) in [5, 5.41) is 0.992. The van der Waals surface area contributed by atoms with E-state index in [4.69, 9.17) is 43.6 Å². The third-order valence-electron chi connectivity index (χ3n) is 12.9. The molecule has 0 fully saturated rings. The molecule has 4 heterocycles. The number of fused-ring (bicyclic) bond motifs is 7. The Balaban J connectivity index is 1.79. The van der Waals surface area contributed by atoms with Gasteiger partial charge in [0.05, 0.1) is 32.6 Å². The zero-order valence-electron chi connectivity index (χ0n) is 36.7. The van der Waals surface area contributed by atoms with E-state index in [2.05, 4.69) is 12.2 Å². The number of anilines is 1. The van der Waals surface area contributed by atoms with Gasteiger partial charge in [0.25, 0.3) is 20.2 Å². The molecule has 0 saturated carbocycles. The van der Waals surface area contributed by atoms with E-state index in [1.54, 1.807) is 32.7 Å². The quantitative estimate of drug-likeness (QED) is 0.0229. The molecule has 3 aromatic carbocycles. The second-order valence-electron chi connectivity index (χ2n) is 18.2. The van der Waals surface area contributed by atoms with Crippen molar-refractivity contribution in [3.8, 4) is 11.1 Å². The van der Waals surface area contributed by atoms with Crippen LogP contribution in [0.2, 0.25) is 15.1 Å². The van der Waals surface area contributed by atoms with Crippen molar-refractivity contribution in [3.63, 3.8) is 0 Å². The number of thioether (sulfide) groups is 1. The van der Waals surface area contributed by atoms with E-state index in [1.165, 1.54) is 17.7 Å². The van der Waals surface area contributed by atoms with Crippen LogP contribution in [-0.4, -0.2) is 88.0 Å². The van der Waals surface area contributed by atoms with Crippen molar-refractivity contribution in [2.75, 3.05) is 37.0 Å². The Morgan fingerprint density at radius 3 is 2.14 bits per heavy atom. The second-order valence-corrected chi connectivity index (χ2v) is 24.5. The lowest BCUT2D eigenvalue weighted by atomic mass is 9.77. The third-order valence-corrected chi connectivity index (χ3v) is 18.0. The highest BCUT2D eigenvalue weighted by Crippen LogP contribution is 2.57. The molecule has 354 valence electrons. The largest absolute Gasteiger partial charge is 0.453 e. The Bertz CT molecular complexity index is 3330. The fourth-order valence-corrected chi connectivity index (χ4v) is 14.2. The number of unbranched alkanes of at least 4 members (excludes halogenated alkanes) is 3. The first-order valence-electron chi connectivity index (χ1n) is 20.6. The Morgan fingerprint density at radius 2 is 1.54 bits per heavy atom. The summed E-state index contributed by atoms with van der Waals surface area (Å²) in [6.45, 7) is 11.2. The molecular formula is C42H49Cl3N3O13S4+. The van der Waals surface area contributed by atoms with E-state index in [1.807, 2.05) is 13.8 Å². The maximum Gasteiger partial charge on any atom is 0.344 e. The highest BCUT2D eigenvalue weighted by molar-refractivity contribution is 8.00. The van der Waals surface area contributed by atoms with Gasteiger partial charge >= 0.3 is 15.7 Å². The summed E-state index contributed by atoms with van der Waals surface area (Å²) in [6.07, 6.45) is 4.03. The van der Waals surface area contributed by atoms with E-state index in [0.29, 0.717) is 13.0 Å². The lowest BCUT2D eigenvalue weighted by Gasteiger charge is -2.46. The van der Waals surface area contributed by atoms with Crippen molar-refractivity contribution < 1.29 is 52.5 Å². The Labute approximate surface area is 395 Å². The number of carbonyl (C=O) groups is 1. The van der Waals surface area contributed by atoms with Gasteiger partial charge < -0.3 is 19.1 Å². The van der Waals surface area contributed by atoms with Crippen LogP contribution in [0.4, 0.5) is 5.69 Å². The van der Waals surface area contributed by atoms with Gasteiger partial charge in [-0.15, -0.1) is 11.8 Å². The molecule has 2 unspecified atom stereocenters. The van der Waals surface area contributed by atoms with Crippen LogP contribution in [0.15, 0.2) is 34.4 Å². The molecule has 0 radical (unpaired) electrons. The second kappa shape index (κ2) is 17.1. The SMILES string of the molecule is CCCCCCNC(=O)CSc1c(Cl)c(Cl)c2oc(=O)c3c4c(c(S(=O)(=O)O)c5oc6c(S(=O)(=O)O)c7c(cc6c(c2c1Cl)-c53)C(CS(=O)(=O)O)CC(C)(C)[N+]=7C)N(C)C(C)(C)CC4C. The predicted octanol–water partition coefficient (Wildman–Crippen LogP) is 8.32. The maximum atomic E-state index is 14.9. The number of hydrogen-bond acceptors (Lipinski definition) is 12. The minimum Gasteiger partial charge on any atom is -0.453 e. The van der Waals surface area contributed by atoms with E-state index in [9.17, 15) is 48.5 Å². The summed E-state index contributed by atoms with van der Waals surface area (Å²) in [5.74, 6) is -3.24. The van der Waals surface area contributed by atoms with Gasteiger partial charge in [0, 0.05) is 63.8 Å². The monoisotopic (exact) mass is 1040 g/mol. The molecule has 4 aliphatic heterocycles. The van der Waals surface area contributed by atoms with Crippen LogP contribution >= 0.6 is 46.6 Å². The van der Waals surface area contributed by atoms with E-state index < -0.39 is 91.2 Å². The minimum atomic E-state index is -5.47. The van der Waals surface area contributed by atoms with Crippen LogP contribution in [0.5, 0.6) is 0 Å². The highest BCUT2D eigenvalue weighted by Gasteiger charge is 2.47. The van der Waals surface area contributed by atoms with E-state index in [0.717, 1.165) is 37.4 Å². The summed E-state index contributed by atoms with van der Waals surface area (Å²) in [6, 6.07) is 1.37. The van der Waals surface area contributed by atoms with Gasteiger partial charge in [-0.25, -0.2) is 9.37 Å². The van der Waals surface area contributed by atoms with Crippen LogP contribution in [0.1, 0.15) is 103 Å². The number of amides is 1. The van der Waals surface area contributed by atoms with Gasteiger partial charge in [0.1, 0.15) is 12.1 Å². The molecule has 2 atom stereocenters. The fraction of sp³-hybridized carbons (Fsp3) is 0.500. The van der Waals surface area contributed by atoms with E-state index in [-0.39, 0.29) is 87.5 Å². The summed E-state index contributed by atoms with van der Waals surface area (Å²) in [7, 11) is -12.6. The van der Waals surface area contributed by atoms with Gasteiger partial charge in [-0.2, -0.15) is 25.3 Å². The number of nitrogens with zero attached hydrogens (tertiary/aromatic N) is 2. The van der Waals surface area contributed by atoms with Crippen molar-refractivity contribution in [2.45, 2.75) is 118 Å². The Kier molecular flexibility index (Phi) is 13.1. The average Bonchev–Trinajstić information content (AvgIpc) is 3.30. The summed E-state index contributed by atoms with van der Waals surface area (Å²) in [4.78, 5) is 27.8. The van der Waals surface area contributed by atoms with Gasteiger partial charge in [0.15, 0.2) is 27.2 Å². The fourth-order valence-electron chi connectivity index (χ4n) is 9.66. The molecule has 3 aromatic rings. The van der Waals surface area contributed by atoms with Crippen LogP contribution in [-0.2, 0) is 35.1 Å². The standard InChI is InChI=1S/C42H48Cl3N3O13S4/c1-9-10-11-12-13-46-23(49)17-62-37-29(43)28-25-22-14-21-20(18-63(51,52)53)16-42(5,6)47(7)32(21)38(64(54,55)56)34(22)60-36-26(25)27(40(50)61-35(28)30(44)31(37)45)24-19(2)15-41(3,4)48(8)33(24)39(36)65(57,58)59/h14,19-20H,9-13,15-18H2,1-8H3,(H3-,46,49,51,52,53,54,55,56,57,58,59)/p+1. The molecule has 1 amide bonds. The smallest absolute Gasteiger partial charge is 0.344 e. The summed E-state index contributed by atoms with van der Waals surface area (Å²) in [5.41, 5.74) is -5.37. The van der Waals surface area contributed by atoms with Crippen LogP contribution in [0.25, 0.3) is 44.0 Å². The lowest BCUT2D eigenvalue weighted by Crippen LogP contribution is -2.52. The molecule has 65 heavy (non-hydrogen) atoms. The molecule has 4 N–H and O–H groups in total. The van der Waals surface area contributed by atoms with Gasteiger partial charge in [0.2, 0.25) is 16.2 Å². The first-order chi connectivity index (χ1) is 29.9. The summed E-state index contributed by atoms with van der Waals surface area (Å²) >= 11 is 22.1. The molecule has 0 saturated heterocycles. The number of rotatable bonds is 12. The van der Waals surface area contributed by atoms with Crippen LogP contribution in [0, 0.1) is 0 Å². The minimum absolute atomic E-state index is 0.000768. The molecule has 0 aliphatic carbocycles. The zero-order chi connectivity index (χ0) is 48.3. The van der Waals surface area contributed by atoms with Gasteiger partial charge in [-0.1, -0.05) is 67.9 Å². The Morgan fingerprint density at radius 1 is 0.892 bits per heavy atom. The topological polar surface area (TPSA) is 242 Å². The van der Waals surface area contributed by atoms with Crippen molar-refractivity contribution in [1.82, 2.24) is 9.89 Å². The highest BCUT2D eigenvalue weighted by atomic mass is 35.5. The molecule has 0 bridgehead atoms. The molecule has 0 aromatic heterocycles. The zero-order valence-corrected chi connectivity index (χ0v) is 42.2. The van der Waals surface area contributed by atoms with E-state index >= 15 is 0 Å². The van der Waals surface area contributed by atoms with Crippen molar-refractivity contribution in [3.05, 3.63) is 48.0 Å². The number of benzene rings is 3. The molecule has 4 aliphatic rings. The molecule has 0 spiro atoms. The maximum absolute atomic E-state index is 14.9. The Hall–Kier alpha value is -3.18. The van der Waals surface area contributed by atoms with Crippen molar-refractivity contribution >= 4 is 121 Å². The molecular weight excluding hydrogens is 989 g/mol. The van der Waals surface area contributed by atoms with Crippen LogP contribution in [0.3, 0.4) is 0 Å². The van der Waals surface area contributed by atoms with Crippen molar-refractivity contribution in [2.24, 2.45) is 0 Å². The molecule has 16 nitrogen and oxygen atoms in total. The lowest BCUT2D eigenvalue weighted by molar-refractivity contribution is -0.118. The average molecular weight is 1040 g/mol. The predicted molar refractivity (Wildman–Crippen MR) is 253 cm³/mol. The number of halogens is 3.